The average Bonchev–Trinajstić information content (AvgIpc) is 2.65. The molecule has 1 heterocycles. The van der Waals surface area contributed by atoms with Crippen molar-refractivity contribution in [3.8, 4) is 5.75 Å². The Morgan fingerprint density at radius 1 is 1.50 bits per heavy atom. The number of ether oxygens (including phenoxy) is 1. The Hall–Kier alpha value is -0.190. The molecule has 1 saturated heterocycles. The second kappa shape index (κ2) is 5.43. The van der Waals surface area contributed by atoms with E-state index in [0.717, 1.165) is 28.1 Å². The van der Waals surface area contributed by atoms with Gasteiger partial charge in [0.25, 0.3) is 0 Å². The van der Waals surface area contributed by atoms with Crippen molar-refractivity contribution in [3.05, 3.63) is 28.2 Å². The number of halogens is 1. The largest absolute Gasteiger partial charge is 0.496 e. The molecule has 0 saturated carbocycles. The molecule has 1 aromatic rings. The molecule has 2 unspecified atom stereocenters. The van der Waals surface area contributed by atoms with E-state index in [-0.39, 0.29) is 6.10 Å². The van der Waals surface area contributed by atoms with E-state index in [9.17, 15) is 5.11 Å². The van der Waals surface area contributed by atoms with Gasteiger partial charge in [-0.2, -0.15) is 11.8 Å². The maximum atomic E-state index is 9.76. The van der Waals surface area contributed by atoms with Crippen molar-refractivity contribution in [2.24, 2.45) is 5.92 Å². The lowest BCUT2D eigenvalue weighted by molar-refractivity contribution is 0.150. The zero-order valence-electron chi connectivity index (χ0n) is 9.15. The third-order valence-corrected chi connectivity index (χ3v) is 4.74. The molecule has 4 heteroatoms. The van der Waals surface area contributed by atoms with Crippen LogP contribution in [0.2, 0.25) is 0 Å². The Kier molecular flexibility index (Phi) is 4.16. The van der Waals surface area contributed by atoms with Gasteiger partial charge in [0, 0.05) is 5.75 Å². The second-order valence-corrected chi connectivity index (χ2v) is 5.97. The van der Waals surface area contributed by atoms with Crippen LogP contribution in [0.1, 0.15) is 5.56 Å². The molecule has 1 fully saturated rings. The second-order valence-electron chi connectivity index (χ2n) is 4.04. The molecule has 1 aromatic carbocycles. The van der Waals surface area contributed by atoms with Gasteiger partial charge in [-0.25, -0.2) is 0 Å². The lowest BCUT2D eigenvalue weighted by Crippen LogP contribution is -2.19. The van der Waals surface area contributed by atoms with Crippen LogP contribution >= 0.6 is 27.7 Å². The molecule has 1 N–H and O–H groups in total. The number of aliphatic hydroxyl groups is 1. The first-order valence-corrected chi connectivity index (χ1v) is 7.23. The number of rotatable bonds is 3. The molecule has 0 aromatic heterocycles. The summed E-state index contributed by atoms with van der Waals surface area (Å²) in [5, 5.41) is 9.76. The smallest absolute Gasteiger partial charge is 0.133 e. The quantitative estimate of drug-likeness (QED) is 0.931. The van der Waals surface area contributed by atoms with E-state index in [1.54, 1.807) is 7.11 Å². The lowest BCUT2D eigenvalue weighted by atomic mass is 9.97. The molecule has 0 radical (unpaired) electrons. The summed E-state index contributed by atoms with van der Waals surface area (Å²) in [6.07, 6.45) is 0.794. The number of hydrogen-bond donors (Lipinski definition) is 1. The van der Waals surface area contributed by atoms with Crippen LogP contribution in [0.4, 0.5) is 0 Å². The van der Waals surface area contributed by atoms with Gasteiger partial charge in [-0.3, -0.25) is 0 Å². The van der Waals surface area contributed by atoms with E-state index in [2.05, 4.69) is 28.1 Å². The van der Waals surface area contributed by atoms with Crippen LogP contribution in [0.3, 0.4) is 0 Å². The summed E-state index contributed by atoms with van der Waals surface area (Å²) < 4.78 is 6.17. The topological polar surface area (TPSA) is 29.5 Å². The normalized spacial score (nSPS) is 24.7. The summed E-state index contributed by atoms with van der Waals surface area (Å²) in [5.74, 6) is 3.18. The monoisotopic (exact) mass is 302 g/mol. The van der Waals surface area contributed by atoms with Gasteiger partial charge in [0.1, 0.15) is 5.75 Å². The Morgan fingerprint density at radius 2 is 2.31 bits per heavy atom. The molecule has 2 rings (SSSR count). The predicted molar refractivity (Wildman–Crippen MR) is 71.2 cm³/mol. The first-order valence-electron chi connectivity index (χ1n) is 5.29. The Labute approximate surface area is 109 Å². The molecule has 0 spiro atoms. The van der Waals surface area contributed by atoms with E-state index in [4.69, 9.17) is 4.74 Å². The van der Waals surface area contributed by atoms with E-state index in [1.165, 1.54) is 5.56 Å². The summed E-state index contributed by atoms with van der Waals surface area (Å²) in [6.45, 7) is 0. The van der Waals surface area contributed by atoms with Gasteiger partial charge < -0.3 is 9.84 Å². The minimum Gasteiger partial charge on any atom is -0.496 e. The van der Waals surface area contributed by atoms with E-state index >= 15 is 0 Å². The van der Waals surface area contributed by atoms with Gasteiger partial charge in [-0.05, 0) is 51.7 Å². The fourth-order valence-corrected chi connectivity index (χ4v) is 3.80. The van der Waals surface area contributed by atoms with Crippen LogP contribution in [-0.2, 0) is 6.42 Å². The van der Waals surface area contributed by atoms with Crippen LogP contribution in [-0.4, -0.2) is 29.8 Å². The third kappa shape index (κ3) is 2.73. The van der Waals surface area contributed by atoms with Crippen LogP contribution in [0.25, 0.3) is 0 Å². The average molecular weight is 303 g/mol. The van der Waals surface area contributed by atoms with Gasteiger partial charge >= 0.3 is 0 Å². The van der Waals surface area contributed by atoms with E-state index in [1.807, 2.05) is 17.8 Å². The van der Waals surface area contributed by atoms with Gasteiger partial charge in [-0.15, -0.1) is 0 Å². The number of aliphatic hydroxyl groups excluding tert-OH is 1. The Morgan fingerprint density at radius 3 is 2.88 bits per heavy atom. The molecule has 1 aliphatic rings. The van der Waals surface area contributed by atoms with Gasteiger partial charge in [0.15, 0.2) is 0 Å². The third-order valence-electron chi connectivity index (χ3n) is 2.88. The predicted octanol–water partition coefficient (Wildman–Crippen LogP) is 2.72. The summed E-state index contributed by atoms with van der Waals surface area (Å²) in [5.41, 5.74) is 1.25. The van der Waals surface area contributed by atoms with Gasteiger partial charge in [-0.1, -0.05) is 6.07 Å². The van der Waals surface area contributed by atoms with Crippen molar-refractivity contribution < 1.29 is 9.84 Å². The van der Waals surface area contributed by atoms with Crippen molar-refractivity contribution in [2.45, 2.75) is 12.5 Å². The molecule has 2 atom stereocenters. The van der Waals surface area contributed by atoms with Gasteiger partial charge in [0.2, 0.25) is 0 Å². The molecule has 16 heavy (non-hydrogen) atoms. The first-order chi connectivity index (χ1) is 7.70. The summed E-state index contributed by atoms with van der Waals surface area (Å²) in [7, 11) is 1.66. The van der Waals surface area contributed by atoms with Crippen molar-refractivity contribution in [2.75, 3.05) is 18.6 Å². The fourth-order valence-electron chi connectivity index (χ4n) is 1.92. The molecule has 1 aliphatic heterocycles. The molecule has 0 amide bonds. The Balaban J connectivity index is 2.07. The highest BCUT2D eigenvalue weighted by atomic mass is 79.9. The zero-order valence-corrected chi connectivity index (χ0v) is 11.6. The molecular weight excluding hydrogens is 288 g/mol. The maximum Gasteiger partial charge on any atom is 0.133 e. The number of hydrogen-bond acceptors (Lipinski definition) is 3. The van der Waals surface area contributed by atoms with Crippen molar-refractivity contribution in [3.63, 3.8) is 0 Å². The lowest BCUT2D eigenvalue weighted by Gasteiger charge is -2.14. The van der Waals surface area contributed by atoms with Gasteiger partial charge in [0.05, 0.1) is 17.7 Å². The highest BCUT2D eigenvalue weighted by molar-refractivity contribution is 9.10. The molecule has 88 valence electrons. The summed E-state index contributed by atoms with van der Waals surface area (Å²) in [6, 6.07) is 6.11. The van der Waals surface area contributed by atoms with Crippen molar-refractivity contribution in [1.82, 2.24) is 0 Å². The Bertz CT molecular complexity index is 370. The van der Waals surface area contributed by atoms with Crippen LogP contribution in [0.15, 0.2) is 22.7 Å². The number of thioether (sulfide) groups is 1. The minimum absolute atomic E-state index is 0.147. The van der Waals surface area contributed by atoms with Crippen LogP contribution in [0.5, 0.6) is 5.75 Å². The standard InChI is InChI=1S/C12H15BrO2S/c1-15-12-3-2-8(5-10(12)13)4-9-6-16-7-11(9)14/h2-3,5,9,11,14H,4,6-7H2,1H3. The van der Waals surface area contributed by atoms with E-state index in [0.29, 0.717) is 5.92 Å². The minimum atomic E-state index is -0.147. The summed E-state index contributed by atoms with van der Waals surface area (Å²) in [4.78, 5) is 0. The van der Waals surface area contributed by atoms with Crippen molar-refractivity contribution >= 4 is 27.7 Å². The first kappa shape index (κ1) is 12.3. The van der Waals surface area contributed by atoms with Crippen molar-refractivity contribution in [1.29, 1.82) is 0 Å². The van der Waals surface area contributed by atoms with Crippen LogP contribution < -0.4 is 4.74 Å². The highest BCUT2D eigenvalue weighted by Crippen LogP contribution is 2.30. The number of benzene rings is 1. The van der Waals surface area contributed by atoms with Crippen LogP contribution in [0, 0.1) is 5.92 Å². The van der Waals surface area contributed by atoms with E-state index < -0.39 is 0 Å². The fraction of sp³-hybridized carbons (Fsp3) is 0.500. The zero-order chi connectivity index (χ0) is 11.5. The molecule has 0 bridgehead atoms. The highest BCUT2D eigenvalue weighted by Gasteiger charge is 2.25. The molecular formula is C12H15BrO2S. The molecule has 0 aliphatic carbocycles. The molecule has 2 nitrogen and oxygen atoms in total. The SMILES string of the molecule is COc1ccc(CC2CSCC2O)cc1Br. The summed E-state index contributed by atoms with van der Waals surface area (Å²) >= 11 is 5.31. The maximum absolute atomic E-state index is 9.76. The number of methoxy groups -OCH3 is 1.